The molecule has 7 nitrogen and oxygen atoms in total. The Morgan fingerprint density at radius 2 is 2.17 bits per heavy atom. The van der Waals surface area contributed by atoms with Crippen LogP contribution in [0.2, 0.25) is 0 Å². The second kappa shape index (κ2) is 5.05. The zero-order valence-corrected chi connectivity index (χ0v) is 9.66. The summed E-state index contributed by atoms with van der Waals surface area (Å²) in [5.74, 6) is 0.390. The number of nitrogen functional groups attached to an aromatic ring is 1. The van der Waals surface area contributed by atoms with Crippen LogP contribution in [-0.2, 0) is 0 Å². The molecule has 2 aromatic rings. The normalized spacial score (nSPS) is 9.78. The predicted molar refractivity (Wildman–Crippen MR) is 63.4 cm³/mol. The SMILES string of the molecule is CCOc1nc(N)nc(-c2cncc(C#N)c2)n1. The van der Waals surface area contributed by atoms with Crippen molar-refractivity contribution in [2.24, 2.45) is 0 Å². The van der Waals surface area contributed by atoms with E-state index in [-0.39, 0.29) is 12.0 Å². The van der Waals surface area contributed by atoms with Gasteiger partial charge in [-0.05, 0) is 13.0 Å². The first-order valence-corrected chi connectivity index (χ1v) is 5.22. The highest BCUT2D eigenvalue weighted by atomic mass is 16.5. The van der Waals surface area contributed by atoms with Crippen molar-refractivity contribution in [3.05, 3.63) is 24.0 Å². The smallest absolute Gasteiger partial charge is 0.321 e. The summed E-state index contributed by atoms with van der Waals surface area (Å²) < 4.78 is 5.18. The maximum Gasteiger partial charge on any atom is 0.321 e. The van der Waals surface area contributed by atoms with E-state index < -0.39 is 0 Å². The van der Waals surface area contributed by atoms with Crippen LogP contribution in [0.15, 0.2) is 18.5 Å². The average Bonchev–Trinajstić information content (AvgIpc) is 2.38. The average molecular weight is 242 g/mol. The molecule has 0 radical (unpaired) electrons. The molecule has 18 heavy (non-hydrogen) atoms. The minimum Gasteiger partial charge on any atom is -0.464 e. The maximum absolute atomic E-state index is 8.81. The molecule has 0 atom stereocenters. The summed E-state index contributed by atoms with van der Waals surface area (Å²) in [6.07, 6.45) is 3.00. The number of ether oxygens (including phenoxy) is 1. The lowest BCUT2D eigenvalue weighted by Crippen LogP contribution is -2.05. The highest BCUT2D eigenvalue weighted by molar-refractivity contribution is 5.57. The van der Waals surface area contributed by atoms with Crippen molar-refractivity contribution in [2.75, 3.05) is 12.3 Å². The Balaban J connectivity index is 2.46. The summed E-state index contributed by atoms with van der Waals surface area (Å²) >= 11 is 0. The number of hydrogen-bond donors (Lipinski definition) is 1. The Morgan fingerprint density at radius 3 is 2.89 bits per heavy atom. The van der Waals surface area contributed by atoms with E-state index >= 15 is 0 Å². The summed E-state index contributed by atoms with van der Waals surface area (Å²) in [7, 11) is 0. The van der Waals surface area contributed by atoms with E-state index in [1.807, 2.05) is 13.0 Å². The van der Waals surface area contributed by atoms with Gasteiger partial charge < -0.3 is 10.5 Å². The van der Waals surface area contributed by atoms with Gasteiger partial charge in [0.15, 0.2) is 5.82 Å². The van der Waals surface area contributed by atoms with Crippen molar-refractivity contribution >= 4 is 5.95 Å². The lowest BCUT2D eigenvalue weighted by Gasteiger charge is -2.04. The fraction of sp³-hybridized carbons (Fsp3) is 0.182. The molecule has 0 aliphatic rings. The number of pyridine rings is 1. The highest BCUT2D eigenvalue weighted by Crippen LogP contribution is 2.17. The van der Waals surface area contributed by atoms with Crippen molar-refractivity contribution in [3.8, 4) is 23.5 Å². The molecule has 2 heterocycles. The van der Waals surface area contributed by atoms with Gasteiger partial charge >= 0.3 is 6.01 Å². The summed E-state index contributed by atoms with van der Waals surface area (Å²) in [6.45, 7) is 2.25. The van der Waals surface area contributed by atoms with Gasteiger partial charge in [-0.15, -0.1) is 0 Å². The Hall–Kier alpha value is -2.75. The number of aromatic nitrogens is 4. The Bertz CT molecular complexity index is 607. The van der Waals surface area contributed by atoms with Gasteiger partial charge in [0, 0.05) is 18.0 Å². The Kier molecular flexibility index (Phi) is 3.29. The van der Waals surface area contributed by atoms with E-state index in [4.69, 9.17) is 15.7 Å². The zero-order chi connectivity index (χ0) is 13.0. The van der Waals surface area contributed by atoms with Gasteiger partial charge in [-0.3, -0.25) is 4.98 Å². The lowest BCUT2D eigenvalue weighted by atomic mass is 10.2. The molecule has 0 aliphatic heterocycles. The molecule has 90 valence electrons. The molecule has 0 aliphatic carbocycles. The first-order chi connectivity index (χ1) is 8.72. The van der Waals surface area contributed by atoms with Gasteiger partial charge in [0.05, 0.1) is 12.2 Å². The summed E-state index contributed by atoms with van der Waals surface area (Å²) in [5, 5.41) is 8.81. The van der Waals surface area contributed by atoms with E-state index in [0.29, 0.717) is 23.6 Å². The van der Waals surface area contributed by atoms with Gasteiger partial charge in [-0.1, -0.05) is 0 Å². The monoisotopic (exact) mass is 242 g/mol. The van der Waals surface area contributed by atoms with Crippen LogP contribution >= 0.6 is 0 Å². The molecule has 0 aromatic carbocycles. The molecular formula is C11H10N6O. The van der Waals surface area contributed by atoms with Crippen LogP contribution in [-0.4, -0.2) is 26.5 Å². The lowest BCUT2D eigenvalue weighted by molar-refractivity contribution is 0.312. The van der Waals surface area contributed by atoms with E-state index in [2.05, 4.69) is 19.9 Å². The second-order valence-corrected chi connectivity index (χ2v) is 3.31. The van der Waals surface area contributed by atoms with Crippen molar-refractivity contribution in [1.82, 2.24) is 19.9 Å². The number of anilines is 1. The quantitative estimate of drug-likeness (QED) is 0.846. The second-order valence-electron chi connectivity index (χ2n) is 3.31. The van der Waals surface area contributed by atoms with Gasteiger partial charge in [-0.2, -0.15) is 20.2 Å². The number of nitrogens with zero attached hydrogens (tertiary/aromatic N) is 5. The third kappa shape index (κ3) is 2.49. The summed E-state index contributed by atoms with van der Waals surface area (Å²) in [4.78, 5) is 15.9. The van der Waals surface area contributed by atoms with Gasteiger partial charge in [-0.25, -0.2) is 0 Å². The molecule has 0 spiro atoms. The van der Waals surface area contributed by atoms with Crippen molar-refractivity contribution in [1.29, 1.82) is 5.26 Å². The number of nitrogens with two attached hydrogens (primary N) is 1. The number of hydrogen-bond acceptors (Lipinski definition) is 7. The molecular weight excluding hydrogens is 232 g/mol. The van der Waals surface area contributed by atoms with Gasteiger partial charge in [0.1, 0.15) is 6.07 Å². The Labute approximate surface area is 103 Å². The van der Waals surface area contributed by atoms with Crippen LogP contribution in [0.25, 0.3) is 11.4 Å². The van der Waals surface area contributed by atoms with Crippen molar-refractivity contribution < 1.29 is 4.74 Å². The maximum atomic E-state index is 8.81. The molecule has 0 fully saturated rings. The van der Waals surface area contributed by atoms with E-state index in [1.165, 1.54) is 6.20 Å². The molecule has 2 N–H and O–H groups in total. The molecule has 0 bridgehead atoms. The predicted octanol–water partition coefficient (Wildman–Crippen LogP) is 0.786. The minimum atomic E-state index is 0.0609. The molecule has 7 heteroatoms. The fourth-order valence-electron chi connectivity index (χ4n) is 1.32. The fourth-order valence-corrected chi connectivity index (χ4v) is 1.32. The molecule has 2 rings (SSSR count). The minimum absolute atomic E-state index is 0.0609. The van der Waals surface area contributed by atoms with Crippen LogP contribution in [0, 0.1) is 11.3 Å². The highest BCUT2D eigenvalue weighted by Gasteiger charge is 2.08. The third-order valence-corrected chi connectivity index (χ3v) is 2.03. The summed E-state index contributed by atoms with van der Waals surface area (Å²) in [5.41, 5.74) is 6.58. The van der Waals surface area contributed by atoms with E-state index in [1.54, 1.807) is 12.3 Å². The summed E-state index contributed by atoms with van der Waals surface area (Å²) in [6, 6.07) is 3.77. The van der Waals surface area contributed by atoms with Gasteiger partial charge in [0.25, 0.3) is 0 Å². The topological polar surface area (TPSA) is 111 Å². The first-order valence-electron chi connectivity index (χ1n) is 5.22. The molecule has 0 saturated heterocycles. The van der Waals surface area contributed by atoms with Crippen molar-refractivity contribution in [2.45, 2.75) is 6.92 Å². The number of nitriles is 1. The molecule has 0 saturated carbocycles. The molecule has 0 amide bonds. The van der Waals surface area contributed by atoms with E-state index in [0.717, 1.165) is 0 Å². The largest absolute Gasteiger partial charge is 0.464 e. The zero-order valence-electron chi connectivity index (χ0n) is 9.66. The standard InChI is InChI=1S/C11H10N6O/c1-2-18-11-16-9(15-10(13)17-11)8-3-7(4-12)5-14-6-8/h3,5-6H,2H2,1H3,(H2,13,15,16,17). The third-order valence-electron chi connectivity index (χ3n) is 2.03. The van der Waals surface area contributed by atoms with Crippen LogP contribution in [0.3, 0.4) is 0 Å². The van der Waals surface area contributed by atoms with Gasteiger partial charge in [0.2, 0.25) is 5.95 Å². The van der Waals surface area contributed by atoms with E-state index in [9.17, 15) is 0 Å². The first kappa shape index (κ1) is 11.7. The van der Waals surface area contributed by atoms with Crippen LogP contribution in [0.4, 0.5) is 5.95 Å². The molecule has 0 unspecified atom stereocenters. The number of rotatable bonds is 3. The van der Waals surface area contributed by atoms with Crippen LogP contribution in [0.1, 0.15) is 12.5 Å². The van der Waals surface area contributed by atoms with Crippen molar-refractivity contribution in [3.63, 3.8) is 0 Å². The Morgan fingerprint density at radius 1 is 1.33 bits per heavy atom. The molecule has 2 aromatic heterocycles. The van der Waals surface area contributed by atoms with Crippen LogP contribution < -0.4 is 10.5 Å². The van der Waals surface area contributed by atoms with Crippen LogP contribution in [0.5, 0.6) is 6.01 Å².